The van der Waals surface area contributed by atoms with Gasteiger partial charge in [-0.15, -0.1) is 0 Å². The highest BCUT2D eigenvalue weighted by molar-refractivity contribution is 6.07. The molecule has 152 valence electrons. The number of aliphatic hydroxyl groups excluding tert-OH is 1. The van der Waals surface area contributed by atoms with Gasteiger partial charge in [-0.25, -0.2) is 4.99 Å². The Morgan fingerprint density at radius 3 is 2.69 bits per heavy atom. The summed E-state index contributed by atoms with van der Waals surface area (Å²) in [5.41, 5.74) is 1.12. The molecule has 1 atom stereocenters. The molecule has 1 aromatic carbocycles. The summed E-state index contributed by atoms with van der Waals surface area (Å²) in [4.78, 5) is 14.6. The number of nitrogens with zero attached hydrogens (tertiary/aromatic N) is 3. The molecule has 2 N–H and O–H groups in total. The molecule has 0 spiro atoms. The molecule has 2 aromatic rings. The van der Waals surface area contributed by atoms with Gasteiger partial charge < -0.3 is 9.52 Å². The molecule has 0 saturated heterocycles. The number of furan rings is 1. The van der Waals surface area contributed by atoms with Gasteiger partial charge in [-0.3, -0.25) is 15.4 Å². The molecule has 9 heteroatoms. The molecule has 0 bridgehead atoms. The van der Waals surface area contributed by atoms with Crippen molar-refractivity contribution in [3.05, 3.63) is 63.9 Å². The molecule has 8 nitrogen and oxygen atoms in total. The second-order valence-electron chi connectivity index (χ2n) is 7.17. The molecule has 1 aliphatic heterocycles. The number of hydrogen-bond donors (Lipinski definition) is 2. The Balaban J connectivity index is 1.57. The van der Waals surface area contributed by atoms with Crippen LogP contribution >= 0.6 is 0 Å². The van der Waals surface area contributed by atoms with E-state index in [1.807, 2.05) is 12.1 Å². The molecule has 1 unspecified atom stereocenters. The number of anilines is 1. The largest absolute Gasteiger partial charge is 0.433 e. The van der Waals surface area contributed by atoms with Crippen molar-refractivity contribution in [3.8, 4) is 0 Å². The normalized spacial score (nSPS) is 24.4. The van der Waals surface area contributed by atoms with Crippen LogP contribution in [0.5, 0.6) is 0 Å². The Hall–Kier alpha value is -3.04. The van der Waals surface area contributed by atoms with Crippen LogP contribution in [-0.2, 0) is 0 Å². The van der Waals surface area contributed by atoms with Gasteiger partial charge in [0.25, 0.3) is 0 Å². The summed E-state index contributed by atoms with van der Waals surface area (Å²) >= 11 is 0. The molecule has 0 radical (unpaired) electrons. The van der Waals surface area contributed by atoms with Crippen LogP contribution in [0.25, 0.3) is 6.08 Å². The maximum absolute atomic E-state index is 14.9. The zero-order chi connectivity index (χ0) is 20.4. The number of aliphatic hydroxyl groups is 1. The zero-order valence-electron chi connectivity index (χ0n) is 15.6. The van der Waals surface area contributed by atoms with Gasteiger partial charge in [0.15, 0.2) is 5.84 Å². The first-order valence-electron chi connectivity index (χ1n) is 9.50. The lowest BCUT2D eigenvalue weighted by atomic mass is 9.92. The number of rotatable bonds is 5. The molecule has 4 rings (SSSR count). The van der Waals surface area contributed by atoms with Crippen molar-refractivity contribution >= 4 is 23.5 Å². The number of para-hydroxylation sites is 1. The van der Waals surface area contributed by atoms with Crippen LogP contribution in [0.2, 0.25) is 0 Å². The number of nitro groups is 1. The third-order valence-electron chi connectivity index (χ3n) is 5.18. The quantitative estimate of drug-likeness (QED) is 0.448. The van der Waals surface area contributed by atoms with Gasteiger partial charge >= 0.3 is 5.88 Å². The Kier molecular flexibility index (Phi) is 5.41. The number of benzene rings is 1. The molecule has 1 aromatic heterocycles. The summed E-state index contributed by atoms with van der Waals surface area (Å²) in [6, 6.07) is 9.96. The number of hydrogen-bond acceptors (Lipinski definition) is 7. The fourth-order valence-electron chi connectivity index (χ4n) is 3.66. The minimum Gasteiger partial charge on any atom is -0.401 e. The van der Waals surface area contributed by atoms with Crippen LogP contribution in [0.1, 0.15) is 43.2 Å². The van der Waals surface area contributed by atoms with Crippen LogP contribution in [0.15, 0.2) is 51.9 Å². The SMILES string of the molecule is O=[N+]([O-])c1ccc(C=CC2=NC(NC3CCC(O)CC3)c3ccccc3N2F)o1. The lowest BCUT2D eigenvalue weighted by Crippen LogP contribution is -2.39. The predicted molar refractivity (Wildman–Crippen MR) is 106 cm³/mol. The van der Waals surface area contributed by atoms with E-state index < -0.39 is 11.1 Å². The first-order valence-corrected chi connectivity index (χ1v) is 9.50. The van der Waals surface area contributed by atoms with E-state index >= 15 is 0 Å². The lowest BCUT2D eigenvalue weighted by molar-refractivity contribution is -0.402. The van der Waals surface area contributed by atoms with Crippen molar-refractivity contribution in [2.24, 2.45) is 4.99 Å². The van der Waals surface area contributed by atoms with Gasteiger partial charge in [-0.05, 0) is 50.0 Å². The zero-order valence-corrected chi connectivity index (χ0v) is 15.6. The number of nitrogens with one attached hydrogen (secondary N) is 1. The maximum Gasteiger partial charge on any atom is 0.433 e. The van der Waals surface area contributed by atoms with Gasteiger partial charge in [-0.2, -0.15) is 5.12 Å². The fraction of sp³-hybridized carbons (Fsp3) is 0.350. The molecule has 2 aliphatic rings. The van der Waals surface area contributed by atoms with E-state index in [0.717, 1.165) is 31.2 Å². The molecule has 1 saturated carbocycles. The molecule has 2 heterocycles. The van der Waals surface area contributed by atoms with Crippen LogP contribution in [0.3, 0.4) is 0 Å². The average Bonchev–Trinajstić information content (AvgIpc) is 3.20. The number of fused-ring (bicyclic) bond motifs is 1. The summed E-state index contributed by atoms with van der Waals surface area (Å²) in [6.45, 7) is 0. The van der Waals surface area contributed by atoms with E-state index in [4.69, 9.17) is 4.42 Å². The van der Waals surface area contributed by atoms with Crippen molar-refractivity contribution in [1.29, 1.82) is 0 Å². The highest BCUT2D eigenvalue weighted by Gasteiger charge is 2.29. The lowest BCUT2D eigenvalue weighted by Gasteiger charge is -2.33. The summed E-state index contributed by atoms with van der Waals surface area (Å²) in [5.74, 6) is -0.0785. The summed E-state index contributed by atoms with van der Waals surface area (Å²) < 4.78 is 20.0. The van der Waals surface area contributed by atoms with Crippen molar-refractivity contribution in [2.45, 2.75) is 44.0 Å². The molecular formula is C20H21FN4O4. The Bertz CT molecular complexity index is 949. The molecule has 1 fully saturated rings. The second-order valence-corrected chi connectivity index (χ2v) is 7.17. The van der Waals surface area contributed by atoms with E-state index in [-0.39, 0.29) is 29.6 Å². The molecule has 29 heavy (non-hydrogen) atoms. The van der Waals surface area contributed by atoms with Crippen LogP contribution < -0.4 is 10.4 Å². The third-order valence-corrected chi connectivity index (χ3v) is 5.18. The highest BCUT2D eigenvalue weighted by atomic mass is 19.2. The van der Waals surface area contributed by atoms with Gasteiger partial charge in [0.2, 0.25) is 0 Å². The Morgan fingerprint density at radius 1 is 1.21 bits per heavy atom. The average molecular weight is 400 g/mol. The van der Waals surface area contributed by atoms with Crippen molar-refractivity contribution < 1.29 is 18.9 Å². The molecular weight excluding hydrogens is 379 g/mol. The van der Waals surface area contributed by atoms with Gasteiger partial charge in [0, 0.05) is 11.6 Å². The smallest absolute Gasteiger partial charge is 0.401 e. The first-order chi connectivity index (χ1) is 14.0. The summed E-state index contributed by atoms with van der Waals surface area (Å²) in [5, 5.41) is 24.4. The van der Waals surface area contributed by atoms with Gasteiger partial charge in [0.05, 0.1) is 17.9 Å². The van der Waals surface area contributed by atoms with Crippen LogP contribution in [0, 0.1) is 10.1 Å². The second kappa shape index (κ2) is 8.14. The standard InChI is InChI=1S/C20H21FN4O4/c21-24-17-4-2-1-3-16(17)20(22-13-5-7-14(26)8-6-13)23-18(24)11-9-15-10-12-19(29-15)25(27)28/h1-4,9-14,20,22,26H,5-8H2. The van der Waals surface area contributed by atoms with E-state index in [2.05, 4.69) is 10.3 Å². The van der Waals surface area contributed by atoms with E-state index in [1.165, 1.54) is 24.3 Å². The summed E-state index contributed by atoms with van der Waals surface area (Å²) in [7, 11) is 0. The summed E-state index contributed by atoms with van der Waals surface area (Å²) in [6.07, 6.45) is 5.31. The molecule has 1 aliphatic carbocycles. The van der Waals surface area contributed by atoms with E-state index in [9.17, 15) is 19.7 Å². The number of amidine groups is 1. The van der Waals surface area contributed by atoms with Crippen molar-refractivity contribution in [3.63, 3.8) is 0 Å². The predicted octanol–water partition coefficient (Wildman–Crippen LogP) is 3.90. The van der Waals surface area contributed by atoms with Gasteiger partial charge in [0.1, 0.15) is 16.8 Å². The van der Waals surface area contributed by atoms with Crippen molar-refractivity contribution in [2.75, 3.05) is 5.12 Å². The first kappa shape index (κ1) is 19.3. The molecule has 0 amide bonds. The Labute approximate surface area is 166 Å². The van der Waals surface area contributed by atoms with E-state index in [1.54, 1.807) is 12.1 Å². The highest BCUT2D eigenvalue weighted by Crippen LogP contribution is 2.34. The number of halogens is 1. The van der Waals surface area contributed by atoms with E-state index in [0.29, 0.717) is 10.8 Å². The minimum atomic E-state index is -0.631. The van der Waals surface area contributed by atoms with Crippen LogP contribution in [0.4, 0.5) is 16.1 Å². The third kappa shape index (κ3) is 4.20. The Morgan fingerprint density at radius 2 is 1.97 bits per heavy atom. The van der Waals surface area contributed by atoms with Gasteiger partial charge in [-0.1, -0.05) is 22.7 Å². The number of aliphatic imine (C=N–C) groups is 1. The monoisotopic (exact) mass is 400 g/mol. The topological polar surface area (TPSA) is 104 Å². The van der Waals surface area contributed by atoms with Crippen molar-refractivity contribution in [1.82, 2.24) is 5.32 Å². The van der Waals surface area contributed by atoms with Crippen LogP contribution in [-0.4, -0.2) is 28.0 Å². The fourth-order valence-corrected chi connectivity index (χ4v) is 3.66. The minimum absolute atomic E-state index is 0.0658. The maximum atomic E-state index is 14.9.